The molecule has 0 aliphatic heterocycles. The second-order valence-corrected chi connectivity index (χ2v) is 4.05. The van der Waals surface area contributed by atoms with Crippen molar-refractivity contribution in [2.75, 3.05) is 19.7 Å². The molecule has 1 fully saturated rings. The van der Waals surface area contributed by atoms with Crippen molar-refractivity contribution in [3.05, 3.63) is 0 Å². The quantitative estimate of drug-likeness (QED) is 0.545. The number of nitrogens with one attached hydrogen (secondary N) is 1. The van der Waals surface area contributed by atoms with Crippen LogP contribution in [0.1, 0.15) is 12.8 Å². The molecule has 6 heteroatoms. The third kappa shape index (κ3) is 4.33. The zero-order valence-corrected chi connectivity index (χ0v) is 9.43. The van der Waals surface area contributed by atoms with Crippen molar-refractivity contribution in [3.63, 3.8) is 0 Å². The molecule has 0 heterocycles. The lowest BCUT2D eigenvalue weighted by atomic mass is 10.3. The first-order chi connectivity index (χ1) is 8.08. The van der Waals surface area contributed by atoms with Gasteiger partial charge < -0.3 is 20.4 Å². The van der Waals surface area contributed by atoms with E-state index in [0.717, 1.165) is 12.8 Å². The lowest BCUT2D eigenvalue weighted by molar-refractivity contribution is -0.140. The summed E-state index contributed by atoms with van der Waals surface area (Å²) in [6.07, 6.45) is 7.28. The van der Waals surface area contributed by atoms with E-state index in [-0.39, 0.29) is 6.54 Å². The Kier molecular flexibility index (Phi) is 4.79. The van der Waals surface area contributed by atoms with Gasteiger partial charge in [-0.05, 0) is 18.8 Å². The molecular formula is C11H16N2O4. The van der Waals surface area contributed by atoms with Gasteiger partial charge in [0.1, 0.15) is 0 Å². The van der Waals surface area contributed by atoms with Crippen LogP contribution in [0, 0.1) is 18.3 Å². The van der Waals surface area contributed by atoms with E-state index >= 15 is 0 Å². The number of urea groups is 1. The molecule has 3 N–H and O–H groups in total. The van der Waals surface area contributed by atoms with Crippen LogP contribution in [-0.4, -0.2) is 52.9 Å². The van der Waals surface area contributed by atoms with Crippen molar-refractivity contribution < 1.29 is 19.8 Å². The first kappa shape index (κ1) is 13.3. The van der Waals surface area contributed by atoms with Crippen LogP contribution in [0.15, 0.2) is 0 Å². The smallest absolute Gasteiger partial charge is 0.328 e. The van der Waals surface area contributed by atoms with Crippen LogP contribution in [0.5, 0.6) is 0 Å². The Hall–Kier alpha value is -1.74. The molecule has 0 saturated heterocycles. The van der Waals surface area contributed by atoms with Gasteiger partial charge in [-0.1, -0.05) is 5.92 Å². The highest BCUT2D eigenvalue weighted by molar-refractivity contribution is 5.82. The average Bonchev–Trinajstić information content (AvgIpc) is 3.08. The highest BCUT2D eigenvalue weighted by Crippen LogP contribution is 2.29. The fourth-order valence-corrected chi connectivity index (χ4v) is 1.37. The Bertz CT molecular complexity index is 333. The average molecular weight is 240 g/mol. The molecule has 6 nitrogen and oxygen atoms in total. The third-order valence-electron chi connectivity index (χ3n) is 2.52. The van der Waals surface area contributed by atoms with Gasteiger partial charge in [-0.15, -0.1) is 6.42 Å². The Balaban J connectivity index is 2.51. The normalized spacial score (nSPS) is 15.8. The molecule has 1 atom stereocenters. The predicted octanol–water partition coefficient (Wildman–Crippen LogP) is -0.513. The maximum Gasteiger partial charge on any atom is 0.328 e. The lowest BCUT2D eigenvalue weighted by Gasteiger charge is -2.22. The highest BCUT2D eigenvalue weighted by Gasteiger charge is 2.28. The van der Waals surface area contributed by atoms with Crippen LogP contribution >= 0.6 is 0 Å². The summed E-state index contributed by atoms with van der Waals surface area (Å²) in [4.78, 5) is 23.8. The molecule has 2 amide bonds. The van der Waals surface area contributed by atoms with Crippen molar-refractivity contribution >= 4 is 12.0 Å². The second kappa shape index (κ2) is 6.11. The predicted molar refractivity (Wildman–Crippen MR) is 60.2 cm³/mol. The van der Waals surface area contributed by atoms with E-state index < -0.39 is 24.6 Å². The van der Waals surface area contributed by atoms with Gasteiger partial charge in [0.05, 0.1) is 13.2 Å². The Morgan fingerprint density at radius 3 is 2.59 bits per heavy atom. The minimum atomic E-state index is -1.29. The molecule has 1 saturated carbocycles. The molecule has 0 unspecified atom stereocenters. The number of aliphatic carboxylic acids is 1. The summed E-state index contributed by atoms with van der Waals surface area (Å²) in [6, 6.07) is -1.83. The van der Waals surface area contributed by atoms with Crippen LogP contribution in [0.3, 0.4) is 0 Å². The molecule has 0 aromatic rings. The molecule has 0 spiro atoms. The summed E-state index contributed by atoms with van der Waals surface area (Å²) >= 11 is 0. The summed E-state index contributed by atoms with van der Waals surface area (Å²) in [6.45, 7) is 0.0301. The number of terminal acetylenes is 1. The first-order valence-corrected chi connectivity index (χ1v) is 5.41. The van der Waals surface area contributed by atoms with Gasteiger partial charge in [0.15, 0.2) is 6.04 Å². The standard InChI is InChI=1S/C11H16N2O4/c1-2-5-13(6-8-3-4-8)11(17)12-9(7-14)10(15)16/h1,8-9,14H,3-7H2,(H,12,17)(H,15,16)/t9-/m1/s1. The Morgan fingerprint density at radius 1 is 1.53 bits per heavy atom. The van der Waals surface area contributed by atoms with E-state index in [1.807, 2.05) is 0 Å². The number of hydrogen-bond donors (Lipinski definition) is 3. The number of aliphatic hydroxyl groups excluding tert-OH is 1. The maximum absolute atomic E-state index is 11.7. The Morgan fingerprint density at radius 2 is 2.18 bits per heavy atom. The SMILES string of the molecule is C#CCN(CC1CC1)C(=O)N[C@H](CO)C(=O)O. The molecule has 0 aromatic carbocycles. The summed E-state index contributed by atoms with van der Waals surface area (Å²) in [7, 11) is 0. The van der Waals surface area contributed by atoms with Crippen molar-refractivity contribution in [1.82, 2.24) is 10.2 Å². The van der Waals surface area contributed by atoms with Gasteiger partial charge >= 0.3 is 12.0 Å². The van der Waals surface area contributed by atoms with Crippen LogP contribution in [-0.2, 0) is 4.79 Å². The zero-order chi connectivity index (χ0) is 12.8. The van der Waals surface area contributed by atoms with Crippen molar-refractivity contribution in [2.24, 2.45) is 5.92 Å². The fraction of sp³-hybridized carbons (Fsp3) is 0.636. The van der Waals surface area contributed by atoms with E-state index in [9.17, 15) is 9.59 Å². The third-order valence-corrected chi connectivity index (χ3v) is 2.52. The van der Waals surface area contributed by atoms with E-state index in [4.69, 9.17) is 16.6 Å². The molecular weight excluding hydrogens is 224 g/mol. The summed E-state index contributed by atoms with van der Waals surface area (Å²) in [5, 5.41) is 19.7. The number of aliphatic hydroxyl groups is 1. The zero-order valence-electron chi connectivity index (χ0n) is 9.43. The maximum atomic E-state index is 11.7. The van der Waals surface area contributed by atoms with E-state index in [2.05, 4.69) is 11.2 Å². The molecule has 1 aliphatic carbocycles. The molecule has 17 heavy (non-hydrogen) atoms. The van der Waals surface area contributed by atoms with Crippen molar-refractivity contribution in [3.8, 4) is 12.3 Å². The van der Waals surface area contributed by atoms with Crippen LogP contribution in [0.4, 0.5) is 4.79 Å². The van der Waals surface area contributed by atoms with Gasteiger partial charge in [0.2, 0.25) is 0 Å². The van der Waals surface area contributed by atoms with Crippen LogP contribution < -0.4 is 5.32 Å². The van der Waals surface area contributed by atoms with E-state index in [1.165, 1.54) is 4.90 Å². The topological polar surface area (TPSA) is 89.9 Å². The first-order valence-electron chi connectivity index (χ1n) is 5.41. The summed E-state index contributed by atoms with van der Waals surface area (Å²) in [5.41, 5.74) is 0. The lowest BCUT2D eigenvalue weighted by Crippen LogP contribution is -2.50. The van der Waals surface area contributed by atoms with Gasteiger partial charge in [-0.3, -0.25) is 0 Å². The molecule has 0 bridgehead atoms. The van der Waals surface area contributed by atoms with Crippen molar-refractivity contribution in [1.29, 1.82) is 0 Å². The molecule has 1 rings (SSSR count). The fourth-order valence-electron chi connectivity index (χ4n) is 1.37. The second-order valence-electron chi connectivity index (χ2n) is 4.05. The number of carboxylic acid groups (broad SMARTS) is 1. The minimum absolute atomic E-state index is 0.139. The largest absolute Gasteiger partial charge is 0.480 e. The van der Waals surface area contributed by atoms with E-state index in [0.29, 0.717) is 12.5 Å². The van der Waals surface area contributed by atoms with Crippen molar-refractivity contribution in [2.45, 2.75) is 18.9 Å². The number of carbonyl (C=O) groups excluding carboxylic acids is 1. The number of carbonyl (C=O) groups is 2. The van der Waals surface area contributed by atoms with Crippen LogP contribution in [0.25, 0.3) is 0 Å². The number of nitrogens with zero attached hydrogens (tertiary/aromatic N) is 1. The molecule has 0 radical (unpaired) electrons. The molecule has 94 valence electrons. The van der Waals surface area contributed by atoms with E-state index in [1.54, 1.807) is 0 Å². The van der Waals surface area contributed by atoms with Gasteiger partial charge in [-0.25, -0.2) is 9.59 Å². The summed E-state index contributed by atoms with van der Waals surface area (Å²) in [5.74, 6) is 1.55. The number of rotatable bonds is 6. The molecule has 1 aliphatic rings. The minimum Gasteiger partial charge on any atom is -0.480 e. The monoisotopic (exact) mass is 240 g/mol. The summed E-state index contributed by atoms with van der Waals surface area (Å²) < 4.78 is 0. The van der Waals surface area contributed by atoms with Gasteiger partial charge in [-0.2, -0.15) is 0 Å². The number of hydrogen-bond acceptors (Lipinski definition) is 3. The van der Waals surface area contributed by atoms with Gasteiger partial charge in [0.25, 0.3) is 0 Å². The number of amides is 2. The Labute approximate surface area is 99.6 Å². The van der Waals surface area contributed by atoms with Gasteiger partial charge in [0, 0.05) is 6.54 Å². The number of carboxylic acids is 1. The van der Waals surface area contributed by atoms with Crippen LogP contribution in [0.2, 0.25) is 0 Å². The highest BCUT2D eigenvalue weighted by atomic mass is 16.4. The molecule has 0 aromatic heterocycles.